The van der Waals surface area contributed by atoms with E-state index >= 15 is 0 Å². The van der Waals surface area contributed by atoms with Crippen LogP contribution in [0.4, 0.5) is 23.2 Å². The second-order valence-corrected chi connectivity index (χ2v) is 10.1. The number of aromatic nitrogens is 3. The van der Waals surface area contributed by atoms with E-state index in [9.17, 15) is 22.4 Å². The molecule has 1 amide bonds. The van der Waals surface area contributed by atoms with Crippen LogP contribution in [0.5, 0.6) is 0 Å². The molecule has 196 valence electrons. The molecule has 0 bridgehead atoms. The number of anilines is 1. The molecule has 3 atom stereocenters. The lowest BCUT2D eigenvalue weighted by molar-refractivity contribution is -0.138. The Morgan fingerprint density at radius 1 is 1.14 bits per heavy atom. The molecular formula is C27H29F4N5O. The molecule has 0 spiro atoms. The van der Waals surface area contributed by atoms with Crippen LogP contribution in [0.2, 0.25) is 0 Å². The Bertz CT molecular complexity index is 1320. The van der Waals surface area contributed by atoms with Crippen molar-refractivity contribution in [2.45, 2.75) is 57.5 Å². The first-order valence-electron chi connectivity index (χ1n) is 12.4. The van der Waals surface area contributed by atoms with Gasteiger partial charge in [-0.05, 0) is 60.2 Å². The molecule has 0 radical (unpaired) electrons. The van der Waals surface area contributed by atoms with Gasteiger partial charge in [-0.3, -0.25) is 9.69 Å². The first-order chi connectivity index (χ1) is 17.5. The summed E-state index contributed by atoms with van der Waals surface area (Å²) in [5.41, 5.74) is 1.11. The summed E-state index contributed by atoms with van der Waals surface area (Å²) in [7, 11) is 1.87. The van der Waals surface area contributed by atoms with Crippen molar-refractivity contribution in [1.82, 2.24) is 19.7 Å². The van der Waals surface area contributed by atoms with Gasteiger partial charge in [0.1, 0.15) is 18.3 Å². The fourth-order valence-corrected chi connectivity index (χ4v) is 5.32. The van der Waals surface area contributed by atoms with E-state index in [0.717, 1.165) is 17.5 Å². The lowest BCUT2D eigenvalue weighted by Gasteiger charge is -2.25. The Kier molecular flexibility index (Phi) is 6.55. The van der Waals surface area contributed by atoms with E-state index in [0.29, 0.717) is 30.6 Å². The van der Waals surface area contributed by atoms with Crippen LogP contribution >= 0.6 is 0 Å². The second-order valence-electron chi connectivity index (χ2n) is 10.1. The monoisotopic (exact) mass is 515 g/mol. The number of alkyl halides is 4. The van der Waals surface area contributed by atoms with Gasteiger partial charge in [0.2, 0.25) is 0 Å². The van der Waals surface area contributed by atoms with Crippen LogP contribution in [0.15, 0.2) is 42.7 Å². The lowest BCUT2D eigenvalue weighted by Crippen LogP contribution is -2.25. The van der Waals surface area contributed by atoms with Gasteiger partial charge in [0.15, 0.2) is 0 Å². The predicted molar refractivity (Wildman–Crippen MR) is 131 cm³/mol. The molecule has 6 nitrogen and oxygen atoms in total. The highest BCUT2D eigenvalue weighted by molar-refractivity contribution is 6.10. The van der Waals surface area contributed by atoms with Gasteiger partial charge in [-0.15, -0.1) is 10.2 Å². The number of carbonyl (C=O) groups excluding carboxylic acids is 1. The Morgan fingerprint density at radius 2 is 1.92 bits per heavy atom. The first kappa shape index (κ1) is 25.4. The van der Waals surface area contributed by atoms with E-state index in [-0.39, 0.29) is 30.1 Å². The zero-order valence-corrected chi connectivity index (χ0v) is 21.0. The molecule has 0 aliphatic carbocycles. The summed E-state index contributed by atoms with van der Waals surface area (Å²) >= 11 is 0. The van der Waals surface area contributed by atoms with Crippen molar-refractivity contribution >= 4 is 11.6 Å². The van der Waals surface area contributed by atoms with Crippen LogP contribution in [-0.4, -0.2) is 44.8 Å². The third kappa shape index (κ3) is 4.86. The Hall–Kier alpha value is -3.27. The minimum Gasteiger partial charge on any atom is -0.321 e. The van der Waals surface area contributed by atoms with Gasteiger partial charge in [0.05, 0.1) is 12.1 Å². The van der Waals surface area contributed by atoms with Gasteiger partial charge in [-0.25, -0.2) is 4.39 Å². The highest BCUT2D eigenvalue weighted by Crippen LogP contribution is 2.41. The van der Waals surface area contributed by atoms with Crippen molar-refractivity contribution in [2.75, 3.05) is 18.0 Å². The molecule has 1 fully saturated rings. The van der Waals surface area contributed by atoms with Crippen molar-refractivity contribution < 1.29 is 22.4 Å². The van der Waals surface area contributed by atoms with Gasteiger partial charge >= 0.3 is 6.18 Å². The topological polar surface area (TPSA) is 54.3 Å². The average Bonchev–Trinajstić information content (AvgIpc) is 3.56. The number of rotatable bonds is 6. The highest BCUT2D eigenvalue weighted by atomic mass is 19.4. The maximum atomic E-state index is 14.1. The summed E-state index contributed by atoms with van der Waals surface area (Å²) in [6, 6.07) is 9.60. The maximum absolute atomic E-state index is 14.1. The fraction of sp³-hybridized carbons (Fsp3) is 0.444. The second kappa shape index (κ2) is 9.55. The summed E-state index contributed by atoms with van der Waals surface area (Å²) in [6.45, 7) is 4.29. The Morgan fingerprint density at radius 3 is 2.57 bits per heavy atom. The summed E-state index contributed by atoms with van der Waals surface area (Å²) in [6.07, 6.45) is -2.98. The van der Waals surface area contributed by atoms with Gasteiger partial charge in [-0.1, -0.05) is 19.1 Å². The van der Waals surface area contributed by atoms with Gasteiger partial charge in [0, 0.05) is 43.9 Å². The van der Waals surface area contributed by atoms with Gasteiger partial charge < -0.3 is 9.47 Å². The minimum absolute atomic E-state index is 0.0178. The number of hydrogen-bond acceptors (Lipinski definition) is 4. The number of amides is 1. The lowest BCUT2D eigenvalue weighted by atomic mass is 9.95. The molecular weight excluding hydrogens is 486 g/mol. The van der Waals surface area contributed by atoms with Crippen LogP contribution in [0.25, 0.3) is 0 Å². The summed E-state index contributed by atoms with van der Waals surface area (Å²) in [4.78, 5) is 16.7. The van der Waals surface area contributed by atoms with Crippen LogP contribution in [0.3, 0.4) is 0 Å². The quantitative estimate of drug-likeness (QED) is 0.410. The van der Waals surface area contributed by atoms with Gasteiger partial charge in [0.25, 0.3) is 5.91 Å². The Balaban J connectivity index is 1.45. The minimum atomic E-state index is -4.61. The molecule has 3 heterocycles. The van der Waals surface area contributed by atoms with Gasteiger partial charge in [-0.2, -0.15) is 13.2 Å². The van der Waals surface area contributed by atoms with Crippen molar-refractivity contribution in [2.24, 2.45) is 7.05 Å². The van der Waals surface area contributed by atoms with E-state index in [1.165, 1.54) is 4.90 Å². The number of hydrogen-bond donors (Lipinski definition) is 0. The van der Waals surface area contributed by atoms with E-state index < -0.39 is 29.9 Å². The molecule has 0 unspecified atom stereocenters. The molecule has 1 saturated heterocycles. The number of halogens is 4. The van der Waals surface area contributed by atoms with Crippen molar-refractivity contribution in [3.63, 3.8) is 0 Å². The predicted octanol–water partition coefficient (Wildman–Crippen LogP) is 5.45. The Labute approximate surface area is 212 Å². The molecule has 0 N–H and O–H groups in total. The number of nitrogens with zero attached hydrogens (tertiary/aromatic N) is 5. The molecule has 2 aliphatic heterocycles. The number of fused-ring (bicyclic) bond motifs is 1. The number of carbonyl (C=O) groups is 1. The highest BCUT2D eigenvalue weighted by Gasteiger charge is 2.41. The smallest absolute Gasteiger partial charge is 0.321 e. The summed E-state index contributed by atoms with van der Waals surface area (Å²) in [5.74, 6) is 0.412. The molecule has 1 aromatic heterocycles. The first-order valence-corrected chi connectivity index (χ1v) is 12.4. The summed E-state index contributed by atoms with van der Waals surface area (Å²) < 4.78 is 58.1. The van der Waals surface area contributed by atoms with Crippen LogP contribution in [-0.2, 0) is 26.2 Å². The maximum Gasteiger partial charge on any atom is 0.416 e. The standard InChI is InChI=1S/C27H29F4N5O/c1-16(9-25-33-32-15-34(25)3)18-5-4-6-21(10-18)36-14-23-22(26(36)37)11-19(12-24(23)27(29,30)31)17(2)35-8-7-20(28)13-35/h4-6,10-12,15-17,20H,7-9,13-14H2,1-3H3/t16-,17-,20+/m1/s1. The zero-order chi connectivity index (χ0) is 26.5. The van der Waals surface area contributed by atoms with Crippen molar-refractivity contribution in [3.8, 4) is 0 Å². The largest absolute Gasteiger partial charge is 0.416 e. The summed E-state index contributed by atoms with van der Waals surface area (Å²) in [5, 5.41) is 8.03. The molecule has 10 heteroatoms. The molecule has 0 saturated carbocycles. The van der Waals surface area contributed by atoms with E-state index in [1.54, 1.807) is 25.4 Å². The molecule has 2 aliphatic rings. The number of benzene rings is 2. The third-order valence-electron chi connectivity index (χ3n) is 7.61. The average molecular weight is 516 g/mol. The molecule has 2 aromatic carbocycles. The molecule has 5 rings (SSSR count). The number of likely N-dealkylation sites (tertiary alicyclic amines) is 1. The van der Waals surface area contributed by atoms with Crippen molar-refractivity contribution in [3.05, 3.63) is 76.4 Å². The zero-order valence-electron chi connectivity index (χ0n) is 21.0. The van der Waals surface area contributed by atoms with Crippen LogP contribution in [0.1, 0.15) is 70.7 Å². The number of aryl methyl sites for hydroxylation is 1. The molecule has 37 heavy (non-hydrogen) atoms. The van der Waals surface area contributed by atoms with Crippen molar-refractivity contribution in [1.29, 1.82) is 0 Å². The normalized spacial score (nSPS) is 19.9. The van der Waals surface area contributed by atoms with E-state index in [4.69, 9.17) is 0 Å². The van der Waals surface area contributed by atoms with Crippen LogP contribution in [0, 0.1) is 0 Å². The SMILES string of the molecule is C[C@H](Cc1nncn1C)c1cccc(N2Cc3c(cc([C@@H](C)N4CC[C@H](F)C4)cc3C(F)(F)F)C2=O)c1. The van der Waals surface area contributed by atoms with E-state index in [2.05, 4.69) is 10.2 Å². The fourth-order valence-electron chi connectivity index (χ4n) is 5.32. The van der Waals surface area contributed by atoms with E-state index in [1.807, 2.05) is 41.6 Å². The molecule has 3 aromatic rings. The third-order valence-corrected chi connectivity index (χ3v) is 7.61. The van der Waals surface area contributed by atoms with Crippen LogP contribution < -0.4 is 4.90 Å².